The van der Waals surface area contributed by atoms with E-state index in [1.807, 2.05) is 43.3 Å². The topological polar surface area (TPSA) is 244 Å². The van der Waals surface area contributed by atoms with Crippen LogP contribution >= 0.6 is 0 Å². The molecule has 0 spiro atoms. The summed E-state index contributed by atoms with van der Waals surface area (Å²) in [6, 6.07) is 18.5. The van der Waals surface area contributed by atoms with Crippen molar-refractivity contribution in [2.24, 2.45) is 5.92 Å². The lowest BCUT2D eigenvalue weighted by Crippen LogP contribution is -2.61. The molecule has 1 fully saturated rings. The van der Waals surface area contributed by atoms with Crippen molar-refractivity contribution in [3.05, 3.63) is 108 Å². The highest BCUT2D eigenvalue weighted by Gasteiger charge is 2.38. The lowest BCUT2D eigenvalue weighted by molar-refractivity contribution is -0.144. The van der Waals surface area contributed by atoms with Gasteiger partial charge in [-0.1, -0.05) is 111 Å². The van der Waals surface area contributed by atoms with Gasteiger partial charge in [0.25, 0.3) is 0 Å². The molecule has 8 amide bonds. The summed E-state index contributed by atoms with van der Waals surface area (Å²) in [7, 11) is 2.82. The molecule has 64 heavy (non-hydrogen) atoms. The Bertz CT molecular complexity index is 2040. The Balaban J connectivity index is 1.71. The second-order valence-corrected chi connectivity index (χ2v) is 16.1. The molecule has 0 aliphatic carbocycles. The van der Waals surface area contributed by atoms with Crippen molar-refractivity contribution in [2.75, 3.05) is 20.6 Å². The molecule has 0 unspecified atom stereocenters. The van der Waals surface area contributed by atoms with Crippen molar-refractivity contribution in [2.45, 2.75) is 108 Å². The van der Waals surface area contributed by atoms with Crippen LogP contribution in [0.4, 0.5) is 4.79 Å². The third kappa shape index (κ3) is 15.5. The molecule has 7 atom stereocenters. The van der Waals surface area contributed by atoms with Crippen molar-refractivity contribution in [3.63, 3.8) is 0 Å². The number of aryl methyl sites for hydroxylation is 1. The van der Waals surface area contributed by atoms with E-state index in [1.54, 1.807) is 61.5 Å². The van der Waals surface area contributed by atoms with Crippen LogP contribution < -0.4 is 37.2 Å². The Morgan fingerprint density at radius 3 is 1.95 bits per heavy atom. The molecule has 8 N–H and O–H groups in total. The predicted molar refractivity (Wildman–Crippen MR) is 239 cm³/mol. The summed E-state index contributed by atoms with van der Waals surface area (Å²) in [5.74, 6) is -5.70. The fourth-order valence-electron chi connectivity index (χ4n) is 7.34. The summed E-state index contributed by atoms with van der Waals surface area (Å²) in [5.41, 5.74) is 2.27. The molecule has 344 valence electrons. The minimum Gasteiger partial charge on any atom is -0.480 e. The molecule has 0 aromatic heterocycles. The molecule has 1 saturated heterocycles. The SMILES string of the molecule is CC[C@H](C)[C@@H]1NC(=O)[C@@H](NC(=O)N[C@H](Cc2ccccc2)C(=O)O)CCCCNC(=O)[C@@H](Cc2ccccc2)NC(=O)[C@@H](CC(=O)NC)NC(=O)[C@H](CCc2ccccc2)N(C)C1=O. The van der Waals surface area contributed by atoms with E-state index in [0.29, 0.717) is 24.8 Å². The number of hydrogen-bond donors (Lipinski definition) is 8. The summed E-state index contributed by atoms with van der Waals surface area (Å²) < 4.78 is 0. The van der Waals surface area contributed by atoms with E-state index in [9.17, 15) is 43.5 Å². The number of aliphatic carboxylic acids is 1. The Kier molecular flexibility index (Phi) is 19.8. The van der Waals surface area contributed by atoms with E-state index in [4.69, 9.17) is 0 Å². The molecule has 3 aromatic carbocycles. The van der Waals surface area contributed by atoms with Crippen LogP contribution in [-0.2, 0) is 52.8 Å². The van der Waals surface area contributed by atoms with Gasteiger partial charge >= 0.3 is 12.0 Å². The standard InChI is InChI=1S/C47H62N8O9/c1-5-30(2)40-45(61)55(4)38(25-24-31-17-9-6-10-18-31)44(60)51-36(29-39(56)48-3)43(59)50-35(27-32-19-11-7-12-20-32)41(57)49-26-16-15-23-34(42(58)54-40)52-47(64)53-37(46(62)63)28-33-21-13-8-14-22-33/h6-14,17-22,30,34-38,40H,5,15-16,23-29H2,1-4H3,(H,48,56)(H,49,57)(H,50,59)(H,51,60)(H,54,58)(H,62,63)(H2,52,53,64)/t30-,34-,35+,36+,37+,38-,40-/m0/s1. The van der Waals surface area contributed by atoms with Crippen LogP contribution in [0.2, 0.25) is 0 Å². The molecule has 0 saturated carbocycles. The summed E-state index contributed by atoms with van der Waals surface area (Å²) >= 11 is 0. The molecular weight excluding hydrogens is 821 g/mol. The first-order valence-corrected chi connectivity index (χ1v) is 21.8. The highest BCUT2D eigenvalue weighted by molar-refractivity contribution is 5.98. The minimum atomic E-state index is -1.44. The molecular formula is C47H62N8O9. The fraction of sp³-hybridized carbons (Fsp3) is 0.447. The van der Waals surface area contributed by atoms with Crippen molar-refractivity contribution < 1.29 is 43.5 Å². The number of carbonyl (C=O) groups excluding carboxylic acids is 7. The van der Waals surface area contributed by atoms with E-state index in [-0.39, 0.29) is 38.6 Å². The summed E-state index contributed by atoms with van der Waals surface area (Å²) in [6.45, 7) is 3.71. The Labute approximate surface area is 374 Å². The molecule has 0 bridgehead atoms. The Morgan fingerprint density at radius 2 is 1.36 bits per heavy atom. The largest absolute Gasteiger partial charge is 0.480 e. The van der Waals surface area contributed by atoms with E-state index < -0.39 is 96.0 Å². The molecule has 17 heteroatoms. The van der Waals surface area contributed by atoms with Crippen molar-refractivity contribution >= 4 is 47.4 Å². The first-order valence-electron chi connectivity index (χ1n) is 21.8. The third-order valence-electron chi connectivity index (χ3n) is 11.4. The van der Waals surface area contributed by atoms with Gasteiger partial charge in [0.05, 0.1) is 6.42 Å². The lowest BCUT2D eigenvalue weighted by Gasteiger charge is -2.34. The maximum atomic E-state index is 14.6. The van der Waals surface area contributed by atoms with Crippen LogP contribution in [0.1, 0.15) is 69.1 Å². The fourth-order valence-corrected chi connectivity index (χ4v) is 7.34. The third-order valence-corrected chi connectivity index (χ3v) is 11.4. The van der Waals surface area contributed by atoms with Crippen LogP contribution in [0.3, 0.4) is 0 Å². The van der Waals surface area contributed by atoms with Gasteiger partial charge in [0.1, 0.15) is 36.3 Å². The van der Waals surface area contributed by atoms with E-state index in [0.717, 1.165) is 11.1 Å². The van der Waals surface area contributed by atoms with Gasteiger partial charge in [-0.25, -0.2) is 9.59 Å². The number of nitrogens with one attached hydrogen (secondary N) is 7. The second-order valence-electron chi connectivity index (χ2n) is 16.1. The number of carboxylic acids is 1. The maximum Gasteiger partial charge on any atom is 0.326 e. The predicted octanol–water partition coefficient (Wildman–Crippen LogP) is 1.99. The van der Waals surface area contributed by atoms with Crippen molar-refractivity contribution in [3.8, 4) is 0 Å². The zero-order valence-electron chi connectivity index (χ0n) is 36.9. The molecule has 3 aromatic rings. The Morgan fingerprint density at radius 1 is 0.766 bits per heavy atom. The van der Waals surface area contributed by atoms with Crippen LogP contribution in [-0.4, -0.2) is 114 Å². The normalized spacial score (nSPS) is 21.5. The molecule has 1 heterocycles. The number of nitrogens with zero attached hydrogens (tertiary/aromatic N) is 1. The number of hydrogen-bond acceptors (Lipinski definition) is 8. The van der Waals surface area contributed by atoms with Crippen LogP contribution in [0.25, 0.3) is 0 Å². The van der Waals surface area contributed by atoms with Gasteiger partial charge in [-0.2, -0.15) is 0 Å². The van der Waals surface area contributed by atoms with Crippen LogP contribution in [0, 0.1) is 5.92 Å². The monoisotopic (exact) mass is 882 g/mol. The highest BCUT2D eigenvalue weighted by atomic mass is 16.4. The van der Waals surface area contributed by atoms with E-state index in [1.165, 1.54) is 19.0 Å². The number of benzene rings is 3. The van der Waals surface area contributed by atoms with Gasteiger partial charge in [0.2, 0.25) is 35.4 Å². The van der Waals surface area contributed by atoms with Gasteiger partial charge in [-0.15, -0.1) is 0 Å². The molecule has 4 rings (SSSR count). The zero-order valence-corrected chi connectivity index (χ0v) is 36.9. The first-order chi connectivity index (χ1) is 30.7. The van der Waals surface area contributed by atoms with Gasteiger partial charge in [-0.05, 0) is 54.7 Å². The van der Waals surface area contributed by atoms with Crippen molar-refractivity contribution in [1.82, 2.24) is 42.1 Å². The van der Waals surface area contributed by atoms with Crippen LogP contribution in [0.5, 0.6) is 0 Å². The summed E-state index contributed by atoms with van der Waals surface area (Å²) in [5, 5.41) is 28.6. The van der Waals surface area contributed by atoms with Crippen molar-refractivity contribution in [1.29, 1.82) is 0 Å². The minimum absolute atomic E-state index is 0.0195. The highest BCUT2D eigenvalue weighted by Crippen LogP contribution is 2.18. The number of carboxylic acid groups (broad SMARTS) is 1. The number of rotatable bonds is 14. The zero-order chi connectivity index (χ0) is 46.6. The summed E-state index contributed by atoms with van der Waals surface area (Å²) in [6.07, 6.45) is 1.10. The van der Waals surface area contributed by atoms with Gasteiger partial charge in [-0.3, -0.25) is 28.8 Å². The van der Waals surface area contributed by atoms with Gasteiger partial charge < -0.3 is 47.2 Å². The molecule has 17 nitrogen and oxygen atoms in total. The molecule has 0 radical (unpaired) electrons. The first kappa shape index (κ1) is 49.9. The average Bonchev–Trinajstić information content (AvgIpc) is 3.29. The molecule has 1 aliphatic rings. The smallest absolute Gasteiger partial charge is 0.326 e. The molecule has 1 aliphatic heterocycles. The van der Waals surface area contributed by atoms with E-state index >= 15 is 0 Å². The van der Waals surface area contributed by atoms with E-state index in [2.05, 4.69) is 37.2 Å². The van der Waals surface area contributed by atoms with Gasteiger partial charge in [0.15, 0.2) is 0 Å². The number of amides is 8. The van der Waals surface area contributed by atoms with Gasteiger partial charge in [0, 0.05) is 33.5 Å². The summed E-state index contributed by atoms with van der Waals surface area (Å²) in [4.78, 5) is 111. The Hall–Kier alpha value is -6.78. The average molecular weight is 883 g/mol. The lowest BCUT2D eigenvalue weighted by atomic mass is 9.95. The second kappa shape index (κ2) is 25.4. The number of likely N-dealkylation sites (N-methyl/N-ethyl adjacent to an activating group) is 1. The maximum absolute atomic E-state index is 14.6. The quantitative estimate of drug-likeness (QED) is 0.118. The number of carbonyl (C=O) groups is 8. The number of urea groups is 1. The van der Waals surface area contributed by atoms with Crippen LogP contribution in [0.15, 0.2) is 91.0 Å².